The Balaban J connectivity index is 1.46. The van der Waals surface area contributed by atoms with Crippen molar-refractivity contribution in [2.75, 3.05) is 18.5 Å². The smallest absolute Gasteiger partial charge is 0.182 e. The largest absolute Gasteiger partial charge is 0.375 e. The van der Waals surface area contributed by atoms with Crippen LogP contribution in [-0.2, 0) is 11.3 Å². The quantitative estimate of drug-likeness (QED) is 0.685. The van der Waals surface area contributed by atoms with Crippen LogP contribution in [-0.4, -0.2) is 33.1 Å². The van der Waals surface area contributed by atoms with Gasteiger partial charge in [-0.2, -0.15) is 0 Å². The van der Waals surface area contributed by atoms with Gasteiger partial charge in [-0.3, -0.25) is 0 Å². The van der Waals surface area contributed by atoms with Crippen molar-refractivity contribution in [3.63, 3.8) is 0 Å². The number of ether oxygens (including phenoxy) is 1. The second kappa shape index (κ2) is 6.51. The summed E-state index contributed by atoms with van der Waals surface area (Å²) < 4.78 is 5.60. The molecular formula is C14H14ClN5O. The van der Waals surface area contributed by atoms with Crippen LogP contribution in [0.25, 0.3) is 11.2 Å². The second-order valence-corrected chi connectivity index (χ2v) is 4.87. The molecule has 21 heavy (non-hydrogen) atoms. The molecule has 6 nitrogen and oxygen atoms in total. The number of fused-ring (bicyclic) bond motifs is 1. The lowest BCUT2D eigenvalue weighted by molar-refractivity contribution is 0.130. The maximum absolute atomic E-state index is 5.83. The highest BCUT2D eigenvalue weighted by Gasteiger charge is 2.04. The van der Waals surface area contributed by atoms with Gasteiger partial charge in [0.15, 0.2) is 11.5 Å². The Labute approximate surface area is 126 Å². The van der Waals surface area contributed by atoms with Gasteiger partial charge in [-0.25, -0.2) is 15.0 Å². The van der Waals surface area contributed by atoms with Crippen LogP contribution in [0.1, 0.15) is 5.56 Å². The van der Waals surface area contributed by atoms with Crippen molar-refractivity contribution in [3.05, 3.63) is 47.5 Å². The van der Waals surface area contributed by atoms with E-state index >= 15 is 0 Å². The average molecular weight is 304 g/mol. The summed E-state index contributed by atoms with van der Waals surface area (Å²) in [6.45, 7) is 1.78. The fourth-order valence-electron chi connectivity index (χ4n) is 1.91. The number of nitrogens with zero attached hydrogens (tertiary/aromatic N) is 3. The highest BCUT2D eigenvalue weighted by molar-refractivity contribution is 6.30. The first-order chi connectivity index (χ1) is 10.3. The lowest BCUT2D eigenvalue weighted by Gasteiger charge is -2.07. The van der Waals surface area contributed by atoms with Crippen LogP contribution in [0.4, 0.5) is 5.82 Å². The molecule has 0 aliphatic heterocycles. The van der Waals surface area contributed by atoms with Crippen molar-refractivity contribution in [3.8, 4) is 0 Å². The monoisotopic (exact) mass is 303 g/mol. The van der Waals surface area contributed by atoms with Gasteiger partial charge in [0, 0.05) is 11.6 Å². The average Bonchev–Trinajstić information content (AvgIpc) is 2.98. The standard InChI is InChI=1S/C14H14ClN5O/c15-11-3-1-10(2-4-11)7-21-6-5-16-13-12-14(18-8-17-12)20-9-19-13/h1-4,8-9H,5-7H2,(H2,16,17,18,19,20). The molecule has 1 aromatic carbocycles. The van der Waals surface area contributed by atoms with Gasteiger partial charge < -0.3 is 15.0 Å². The summed E-state index contributed by atoms with van der Waals surface area (Å²) in [6, 6.07) is 7.62. The van der Waals surface area contributed by atoms with E-state index < -0.39 is 0 Å². The van der Waals surface area contributed by atoms with Gasteiger partial charge >= 0.3 is 0 Å². The molecule has 2 heterocycles. The molecule has 0 aliphatic rings. The first-order valence-electron chi connectivity index (χ1n) is 6.53. The van der Waals surface area contributed by atoms with Crippen LogP contribution in [0.3, 0.4) is 0 Å². The van der Waals surface area contributed by atoms with Gasteiger partial charge in [0.2, 0.25) is 0 Å². The van der Waals surface area contributed by atoms with Crippen molar-refractivity contribution >= 4 is 28.6 Å². The molecule has 2 N–H and O–H groups in total. The topological polar surface area (TPSA) is 75.7 Å². The summed E-state index contributed by atoms with van der Waals surface area (Å²) in [7, 11) is 0. The number of imidazole rings is 1. The zero-order valence-electron chi connectivity index (χ0n) is 11.2. The Morgan fingerprint density at radius 2 is 2.00 bits per heavy atom. The van der Waals surface area contributed by atoms with Gasteiger partial charge in [0.1, 0.15) is 11.8 Å². The van der Waals surface area contributed by atoms with E-state index in [1.54, 1.807) is 6.33 Å². The van der Waals surface area contributed by atoms with Crippen molar-refractivity contribution in [2.24, 2.45) is 0 Å². The molecule has 2 aromatic heterocycles. The van der Waals surface area contributed by atoms with Crippen LogP contribution < -0.4 is 5.32 Å². The summed E-state index contributed by atoms with van der Waals surface area (Å²) in [6.07, 6.45) is 3.08. The van der Waals surface area contributed by atoms with Gasteiger partial charge in [-0.15, -0.1) is 0 Å². The zero-order valence-corrected chi connectivity index (χ0v) is 12.0. The minimum atomic E-state index is 0.558. The third kappa shape index (κ3) is 3.48. The Morgan fingerprint density at radius 1 is 1.14 bits per heavy atom. The van der Waals surface area contributed by atoms with Crippen molar-refractivity contribution < 1.29 is 4.74 Å². The number of hydrogen-bond donors (Lipinski definition) is 2. The summed E-state index contributed by atoms with van der Waals surface area (Å²) in [5.41, 5.74) is 2.54. The zero-order chi connectivity index (χ0) is 14.5. The Bertz CT molecular complexity index is 713. The fourth-order valence-corrected chi connectivity index (χ4v) is 2.04. The van der Waals surface area contributed by atoms with Gasteiger partial charge in [-0.1, -0.05) is 23.7 Å². The molecule has 0 saturated carbocycles. The van der Waals surface area contributed by atoms with Gasteiger partial charge in [0.25, 0.3) is 0 Å². The van der Waals surface area contributed by atoms with E-state index in [2.05, 4.69) is 25.3 Å². The molecule has 3 rings (SSSR count). The minimum absolute atomic E-state index is 0.558. The molecule has 0 unspecified atom stereocenters. The molecule has 0 amide bonds. The normalized spacial score (nSPS) is 10.9. The molecule has 7 heteroatoms. The molecule has 0 aliphatic carbocycles. The molecule has 0 spiro atoms. The van der Waals surface area contributed by atoms with Gasteiger partial charge in [-0.05, 0) is 17.7 Å². The molecule has 0 saturated heterocycles. The highest BCUT2D eigenvalue weighted by Crippen LogP contribution is 2.14. The predicted octanol–water partition coefficient (Wildman–Crippen LogP) is 2.63. The van der Waals surface area contributed by atoms with E-state index in [4.69, 9.17) is 16.3 Å². The molecular weight excluding hydrogens is 290 g/mol. The summed E-state index contributed by atoms with van der Waals surface area (Å²) in [5, 5.41) is 3.93. The number of aromatic amines is 1. The van der Waals surface area contributed by atoms with E-state index in [0.29, 0.717) is 25.4 Å². The Kier molecular flexibility index (Phi) is 4.28. The number of aromatic nitrogens is 4. The van der Waals surface area contributed by atoms with Crippen LogP contribution in [0.15, 0.2) is 36.9 Å². The number of anilines is 1. The number of halogens is 1. The summed E-state index contributed by atoms with van der Waals surface area (Å²) in [5.74, 6) is 0.729. The van der Waals surface area contributed by atoms with Crippen LogP contribution in [0, 0.1) is 0 Å². The predicted molar refractivity (Wildman–Crippen MR) is 81.3 cm³/mol. The molecule has 0 atom stereocenters. The number of H-pyrrole nitrogens is 1. The maximum atomic E-state index is 5.83. The highest BCUT2D eigenvalue weighted by atomic mass is 35.5. The molecule has 108 valence electrons. The SMILES string of the molecule is Clc1ccc(COCCNc2ncnc3nc[nH]c23)cc1. The lowest BCUT2D eigenvalue weighted by Crippen LogP contribution is -2.10. The molecule has 3 aromatic rings. The minimum Gasteiger partial charge on any atom is -0.375 e. The van der Waals surface area contributed by atoms with Crippen molar-refractivity contribution in [1.29, 1.82) is 0 Å². The van der Waals surface area contributed by atoms with E-state index in [0.717, 1.165) is 21.9 Å². The van der Waals surface area contributed by atoms with E-state index in [1.165, 1.54) is 6.33 Å². The maximum Gasteiger partial charge on any atom is 0.182 e. The van der Waals surface area contributed by atoms with E-state index in [-0.39, 0.29) is 0 Å². The number of hydrogen-bond acceptors (Lipinski definition) is 5. The fraction of sp³-hybridized carbons (Fsp3) is 0.214. The van der Waals surface area contributed by atoms with E-state index in [1.807, 2.05) is 24.3 Å². The summed E-state index contributed by atoms with van der Waals surface area (Å²) >= 11 is 5.83. The Morgan fingerprint density at radius 3 is 2.86 bits per heavy atom. The Hall–Kier alpha value is -2.18. The van der Waals surface area contributed by atoms with Gasteiger partial charge in [0.05, 0.1) is 19.5 Å². The van der Waals surface area contributed by atoms with Crippen LogP contribution >= 0.6 is 11.6 Å². The van der Waals surface area contributed by atoms with Crippen LogP contribution in [0.5, 0.6) is 0 Å². The molecule has 0 fully saturated rings. The third-order valence-corrected chi connectivity index (χ3v) is 3.20. The number of nitrogens with one attached hydrogen (secondary N) is 2. The molecule has 0 bridgehead atoms. The summed E-state index contributed by atoms with van der Waals surface area (Å²) in [4.78, 5) is 15.3. The number of rotatable bonds is 6. The molecule has 0 radical (unpaired) electrons. The van der Waals surface area contributed by atoms with Crippen molar-refractivity contribution in [1.82, 2.24) is 19.9 Å². The first-order valence-corrected chi connectivity index (χ1v) is 6.91. The van der Waals surface area contributed by atoms with E-state index in [9.17, 15) is 0 Å². The second-order valence-electron chi connectivity index (χ2n) is 4.43. The first kappa shape index (κ1) is 13.8. The van der Waals surface area contributed by atoms with Crippen molar-refractivity contribution in [2.45, 2.75) is 6.61 Å². The third-order valence-electron chi connectivity index (χ3n) is 2.94. The lowest BCUT2D eigenvalue weighted by atomic mass is 10.2. The van der Waals surface area contributed by atoms with Crippen LogP contribution in [0.2, 0.25) is 5.02 Å². The number of benzene rings is 1.